The molecule has 0 saturated carbocycles. The van der Waals surface area contributed by atoms with Crippen molar-refractivity contribution in [2.24, 2.45) is 0 Å². The molecule has 2 nitrogen and oxygen atoms in total. The number of amides is 1. The molecule has 0 aromatic heterocycles. The fraction of sp³-hybridized carbons (Fsp3) is 0.625. The van der Waals surface area contributed by atoms with Gasteiger partial charge in [-0.3, -0.25) is 4.79 Å². The molecule has 1 rings (SSSR count). The van der Waals surface area contributed by atoms with Gasteiger partial charge in [0.05, 0.1) is 10.8 Å². The summed E-state index contributed by atoms with van der Waals surface area (Å²) in [7, 11) is 0. The van der Waals surface area contributed by atoms with Crippen LogP contribution in [0.15, 0.2) is 11.6 Å². The number of hydrogen-bond acceptors (Lipinski definition) is 2. The van der Waals surface area contributed by atoms with Gasteiger partial charge >= 0.3 is 0 Å². The van der Waals surface area contributed by atoms with Crippen LogP contribution in [0.1, 0.15) is 20.8 Å². The van der Waals surface area contributed by atoms with Gasteiger partial charge in [0.2, 0.25) is 5.91 Å². The minimum atomic E-state index is -0.113. The van der Waals surface area contributed by atoms with Gasteiger partial charge in [-0.2, -0.15) is 0 Å². The molecule has 0 spiro atoms. The van der Waals surface area contributed by atoms with Gasteiger partial charge in [-0.05, 0) is 20.8 Å². The topological polar surface area (TPSA) is 20.3 Å². The van der Waals surface area contributed by atoms with Crippen molar-refractivity contribution >= 4 is 17.7 Å². The van der Waals surface area contributed by atoms with E-state index in [1.54, 1.807) is 4.90 Å². The van der Waals surface area contributed by atoms with Crippen LogP contribution >= 0.6 is 11.8 Å². The van der Waals surface area contributed by atoms with Gasteiger partial charge in [-0.15, -0.1) is 0 Å². The maximum Gasteiger partial charge on any atom is 0.238 e. The first kappa shape index (κ1) is 8.65. The predicted octanol–water partition coefficient (Wildman–Crippen LogP) is 1.83. The van der Waals surface area contributed by atoms with Crippen LogP contribution in [0, 0.1) is 0 Å². The van der Waals surface area contributed by atoms with E-state index >= 15 is 0 Å². The van der Waals surface area contributed by atoms with E-state index in [9.17, 15) is 4.79 Å². The summed E-state index contributed by atoms with van der Waals surface area (Å²) in [5.41, 5.74) is -0.113. The highest BCUT2D eigenvalue weighted by Gasteiger charge is 2.33. The summed E-state index contributed by atoms with van der Waals surface area (Å²) < 4.78 is 0. The molecule has 11 heavy (non-hydrogen) atoms. The molecule has 1 fully saturated rings. The van der Waals surface area contributed by atoms with Crippen molar-refractivity contribution in [1.82, 2.24) is 4.90 Å². The third-order valence-electron chi connectivity index (χ3n) is 1.53. The summed E-state index contributed by atoms with van der Waals surface area (Å²) in [6, 6.07) is 0. The van der Waals surface area contributed by atoms with Crippen molar-refractivity contribution in [3.8, 4) is 0 Å². The molecule has 0 bridgehead atoms. The van der Waals surface area contributed by atoms with E-state index in [0.717, 1.165) is 5.03 Å². The molecular weight excluding hydrogens is 158 g/mol. The average molecular weight is 171 g/mol. The zero-order valence-electron chi connectivity index (χ0n) is 7.18. The molecule has 0 aliphatic carbocycles. The van der Waals surface area contributed by atoms with Gasteiger partial charge in [-0.1, -0.05) is 18.3 Å². The minimum Gasteiger partial charge on any atom is -0.301 e. The molecule has 0 unspecified atom stereocenters. The highest BCUT2D eigenvalue weighted by molar-refractivity contribution is 8.04. The SMILES string of the molecule is C=C1SCC(=O)N1C(C)(C)C. The van der Waals surface area contributed by atoms with Crippen molar-refractivity contribution in [3.63, 3.8) is 0 Å². The van der Waals surface area contributed by atoms with Crippen molar-refractivity contribution in [2.75, 3.05) is 5.75 Å². The molecule has 0 aromatic carbocycles. The van der Waals surface area contributed by atoms with E-state index in [1.807, 2.05) is 20.8 Å². The van der Waals surface area contributed by atoms with Crippen LogP contribution < -0.4 is 0 Å². The van der Waals surface area contributed by atoms with Gasteiger partial charge in [0.1, 0.15) is 0 Å². The smallest absolute Gasteiger partial charge is 0.238 e. The Bertz CT molecular complexity index is 189. The molecule has 0 radical (unpaired) electrons. The maximum atomic E-state index is 11.3. The number of nitrogens with zero attached hydrogens (tertiary/aromatic N) is 1. The number of carbonyl (C=O) groups is 1. The Morgan fingerprint density at radius 3 is 2.27 bits per heavy atom. The molecule has 0 aromatic rings. The van der Waals surface area contributed by atoms with E-state index in [1.165, 1.54) is 11.8 Å². The Morgan fingerprint density at radius 1 is 1.55 bits per heavy atom. The largest absolute Gasteiger partial charge is 0.301 e. The van der Waals surface area contributed by atoms with Gasteiger partial charge in [0.15, 0.2) is 0 Å². The zero-order valence-corrected chi connectivity index (χ0v) is 7.99. The van der Waals surface area contributed by atoms with Crippen molar-refractivity contribution < 1.29 is 4.79 Å². The first-order valence-electron chi connectivity index (χ1n) is 3.57. The van der Waals surface area contributed by atoms with Gasteiger partial charge in [0.25, 0.3) is 0 Å². The van der Waals surface area contributed by atoms with Crippen LogP contribution in [0.5, 0.6) is 0 Å². The van der Waals surface area contributed by atoms with Crippen LogP contribution in [0.2, 0.25) is 0 Å². The van der Waals surface area contributed by atoms with Crippen molar-refractivity contribution in [2.45, 2.75) is 26.3 Å². The summed E-state index contributed by atoms with van der Waals surface area (Å²) in [4.78, 5) is 13.0. The Morgan fingerprint density at radius 2 is 2.09 bits per heavy atom. The standard InChI is InChI=1S/C8H13NOS/c1-6-9(8(2,3)4)7(10)5-11-6/h1,5H2,2-4H3. The Kier molecular flexibility index (Phi) is 2.01. The lowest BCUT2D eigenvalue weighted by molar-refractivity contribution is -0.128. The second-order valence-electron chi connectivity index (χ2n) is 3.58. The molecule has 62 valence electrons. The summed E-state index contributed by atoms with van der Waals surface area (Å²) in [6.07, 6.45) is 0. The second kappa shape index (κ2) is 2.55. The minimum absolute atomic E-state index is 0.113. The molecule has 0 atom stereocenters. The molecule has 1 saturated heterocycles. The van der Waals surface area contributed by atoms with E-state index in [2.05, 4.69) is 6.58 Å². The Hall–Kier alpha value is -0.440. The predicted molar refractivity (Wildman–Crippen MR) is 48.2 cm³/mol. The molecule has 1 aliphatic heterocycles. The molecule has 0 N–H and O–H groups in total. The Labute approximate surface area is 71.6 Å². The first-order valence-corrected chi connectivity index (χ1v) is 4.56. The molecule has 3 heteroatoms. The van der Waals surface area contributed by atoms with Gasteiger partial charge in [0, 0.05) is 5.54 Å². The fourth-order valence-corrected chi connectivity index (χ4v) is 2.09. The molecule has 1 heterocycles. The lowest BCUT2D eigenvalue weighted by Gasteiger charge is -2.31. The van der Waals surface area contributed by atoms with E-state index in [4.69, 9.17) is 0 Å². The lowest BCUT2D eigenvalue weighted by atomic mass is 10.1. The van der Waals surface area contributed by atoms with Crippen LogP contribution in [-0.2, 0) is 4.79 Å². The number of hydrogen-bond donors (Lipinski definition) is 0. The summed E-state index contributed by atoms with van der Waals surface area (Å²) in [6.45, 7) is 9.87. The highest BCUT2D eigenvalue weighted by Crippen LogP contribution is 2.33. The third kappa shape index (κ3) is 1.59. The van der Waals surface area contributed by atoms with Gasteiger partial charge < -0.3 is 4.90 Å². The fourth-order valence-electron chi connectivity index (χ4n) is 1.16. The number of rotatable bonds is 0. The zero-order chi connectivity index (χ0) is 8.65. The third-order valence-corrected chi connectivity index (χ3v) is 2.44. The van der Waals surface area contributed by atoms with E-state index < -0.39 is 0 Å². The monoisotopic (exact) mass is 171 g/mol. The number of carbonyl (C=O) groups excluding carboxylic acids is 1. The Balaban J connectivity index is 2.85. The lowest BCUT2D eigenvalue weighted by Crippen LogP contribution is -2.41. The van der Waals surface area contributed by atoms with Gasteiger partial charge in [-0.25, -0.2) is 0 Å². The average Bonchev–Trinajstić information content (AvgIpc) is 2.08. The maximum absolute atomic E-state index is 11.3. The van der Waals surface area contributed by atoms with Crippen molar-refractivity contribution in [3.05, 3.63) is 11.6 Å². The highest BCUT2D eigenvalue weighted by atomic mass is 32.2. The van der Waals surface area contributed by atoms with E-state index in [0.29, 0.717) is 5.75 Å². The van der Waals surface area contributed by atoms with E-state index in [-0.39, 0.29) is 11.4 Å². The quantitative estimate of drug-likeness (QED) is 0.554. The summed E-state index contributed by atoms with van der Waals surface area (Å²) >= 11 is 1.52. The van der Waals surface area contributed by atoms with Crippen LogP contribution in [-0.4, -0.2) is 22.1 Å². The van der Waals surface area contributed by atoms with Crippen LogP contribution in [0.4, 0.5) is 0 Å². The molecule has 1 amide bonds. The summed E-state index contributed by atoms with van der Waals surface area (Å²) in [5, 5.41) is 0.877. The first-order chi connectivity index (χ1) is 4.93. The summed E-state index contributed by atoms with van der Waals surface area (Å²) in [5.74, 6) is 0.725. The van der Waals surface area contributed by atoms with Crippen LogP contribution in [0.3, 0.4) is 0 Å². The van der Waals surface area contributed by atoms with Crippen LogP contribution in [0.25, 0.3) is 0 Å². The second-order valence-corrected chi connectivity index (χ2v) is 4.63. The molecule has 1 aliphatic rings. The number of thioether (sulfide) groups is 1. The molecular formula is C8H13NOS. The normalized spacial score (nSPS) is 19.7. The van der Waals surface area contributed by atoms with Crippen molar-refractivity contribution in [1.29, 1.82) is 0 Å².